The number of aldehydes is 1. The molecule has 27 heavy (non-hydrogen) atoms. The lowest BCUT2D eigenvalue weighted by Gasteiger charge is -2.21. The second-order valence-corrected chi connectivity index (χ2v) is 8.46. The van der Waals surface area contributed by atoms with Crippen LogP contribution >= 0.6 is 22.6 Å². The molecule has 0 atom stereocenters. The highest BCUT2D eigenvalue weighted by Crippen LogP contribution is 2.40. The average molecular weight is 494 g/mol. The summed E-state index contributed by atoms with van der Waals surface area (Å²) in [6, 6.07) is 1.33. The predicted octanol–water partition coefficient (Wildman–Crippen LogP) is 4.74. The van der Waals surface area contributed by atoms with Gasteiger partial charge in [0.15, 0.2) is 17.8 Å². The molecule has 0 unspecified atom stereocenters. The van der Waals surface area contributed by atoms with Crippen molar-refractivity contribution in [2.45, 2.75) is 52.7 Å². The maximum absolute atomic E-state index is 12.0. The Balaban J connectivity index is 3.29. The van der Waals surface area contributed by atoms with Crippen molar-refractivity contribution in [3.63, 3.8) is 0 Å². The summed E-state index contributed by atoms with van der Waals surface area (Å²) in [6.07, 6.45) is -1.50. The first kappa shape index (κ1) is 23.0. The highest BCUT2D eigenvalue weighted by Gasteiger charge is 2.27. The van der Waals surface area contributed by atoms with Gasteiger partial charge < -0.3 is 23.7 Å². The van der Waals surface area contributed by atoms with Crippen LogP contribution in [0.3, 0.4) is 0 Å². The van der Waals surface area contributed by atoms with Gasteiger partial charge >= 0.3 is 12.3 Å². The first-order valence-electron chi connectivity index (χ1n) is 7.94. The van der Waals surface area contributed by atoms with Gasteiger partial charge in [0.25, 0.3) is 0 Å². The van der Waals surface area contributed by atoms with Gasteiger partial charge in [0.1, 0.15) is 22.5 Å². The number of benzene rings is 1. The van der Waals surface area contributed by atoms with Crippen molar-refractivity contribution in [2.24, 2.45) is 0 Å². The van der Waals surface area contributed by atoms with Gasteiger partial charge in [0.05, 0.1) is 10.7 Å². The SMILES string of the molecule is COc1cc(OC(=O)OC(C)(C)C)c(I)c(OC(=O)OC(C)(C)C)c1C=O. The molecular formula is C18H23IO8. The molecule has 0 fully saturated rings. The summed E-state index contributed by atoms with van der Waals surface area (Å²) in [7, 11) is 1.32. The van der Waals surface area contributed by atoms with Gasteiger partial charge in [-0.1, -0.05) is 0 Å². The van der Waals surface area contributed by atoms with Crippen molar-refractivity contribution < 1.29 is 38.1 Å². The van der Waals surface area contributed by atoms with Crippen LogP contribution in [0.5, 0.6) is 17.2 Å². The highest BCUT2D eigenvalue weighted by atomic mass is 127. The molecule has 0 heterocycles. The molecule has 0 saturated heterocycles. The molecule has 0 amide bonds. The zero-order valence-corrected chi connectivity index (χ0v) is 18.5. The van der Waals surface area contributed by atoms with Gasteiger partial charge in [-0.05, 0) is 64.1 Å². The third-order valence-electron chi connectivity index (χ3n) is 2.68. The predicted molar refractivity (Wildman–Crippen MR) is 105 cm³/mol. The van der Waals surface area contributed by atoms with Crippen LogP contribution in [0.1, 0.15) is 51.9 Å². The molecule has 0 aliphatic carbocycles. The van der Waals surface area contributed by atoms with Crippen molar-refractivity contribution >= 4 is 41.2 Å². The summed E-state index contributed by atoms with van der Waals surface area (Å²) >= 11 is 1.78. The number of hydrogen-bond acceptors (Lipinski definition) is 8. The summed E-state index contributed by atoms with van der Waals surface area (Å²) in [5, 5.41) is 0. The Morgan fingerprint density at radius 3 is 1.81 bits per heavy atom. The highest BCUT2D eigenvalue weighted by molar-refractivity contribution is 14.1. The summed E-state index contributed by atoms with van der Waals surface area (Å²) in [4.78, 5) is 35.5. The van der Waals surface area contributed by atoms with Crippen molar-refractivity contribution in [1.29, 1.82) is 0 Å². The van der Waals surface area contributed by atoms with Crippen LogP contribution in [0.25, 0.3) is 0 Å². The van der Waals surface area contributed by atoms with Crippen molar-refractivity contribution in [2.75, 3.05) is 7.11 Å². The number of carbonyl (C=O) groups excluding carboxylic acids is 3. The lowest BCUT2D eigenvalue weighted by molar-refractivity contribution is 0.0200. The molecule has 0 saturated carbocycles. The molecule has 9 heteroatoms. The fourth-order valence-electron chi connectivity index (χ4n) is 1.77. The Labute approximate surface area is 171 Å². The number of hydrogen-bond donors (Lipinski definition) is 0. The fourth-order valence-corrected chi connectivity index (χ4v) is 2.44. The molecule has 1 aromatic rings. The van der Waals surface area contributed by atoms with Gasteiger partial charge in [-0.25, -0.2) is 9.59 Å². The van der Waals surface area contributed by atoms with Crippen LogP contribution < -0.4 is 14.2 Å². The topological polar surface area (TPSA) is 97.4 Å². The van der Waals surface area contributed by atoms with Gasteiger partial charge in [-0.2, -0.15) is 0 Å². The van der Waals surface area contributed by atoms with E-state index in [1.165, 1.54) is 13.2 Å². The summed E-state index contributed by atoms with van der Waals surface area (Å²) in [6.45, 7) is 10.1. The molecule has 0 N–H and O–H groups in total. The van der Waals surface area contributed by atoms with Crippen LogP contribution in [-0.2, 0) is 9.47 Å². The van der Waals surface area contributed by atoms with E-state index in [0.717, 1.165) is 0 Å². The normalized spacial score (nSPS) is 11.4. The van der Waals surface area contributed by atoms with Gasteiger partial charge in [-0.15, -0.1) is 0 Å². The van der Waals surface area contributed by atoms with E-state index in [1.807, 2.05) is 0 Å². The lowest BCUT2D eigenvalue weighted by atomic mass is 10.2. The zero-order chi connectivity index (χ0) is 21.0. The monoisotopic (exact) mass is 494 g/mol. The fraction of sp³-hybridized carbons (Fsp3) is 0.500. The molecule has 0 aliphatic heterocycles. The van der Waals surface area contributed by atoms with E-state index < -0.39 is 23.5 Å². The van der Waals surface area contributed by atoms with E-state index in [4.69, 9.17) is 23.7 Å². The van der Waals surface area contributed by atoms with Crippen LogP contribution in [-0.4, -0.2) is 36.9 Å². The molecule has 0 bridgehead atoms. The number of ether oxygens (including phenoxy) is 5. The van der Waals surface area contributed by atoms with E-state index >= 15 is 0 Å². The number of halogens is 1. The molecular weight excluding hydrogens is 471 g/mol. The molecule has 1 aromatic carbocycles. The average Bonchev–Trinajstić information content (AvgIpc) is 2.47. The van der Waals surface area contributed by atoms with Crippen LogP contribution in [0.2, 0.25) is 0 Å². The Bertz CT molecular complexity index is 728. The molecule has 8 nitrogen and oxygen atoms in total. The number of carbonyl (C=O) groups is 3. The van der Waals surface area contributed by atoms with Crippen LogP contribution in [0, 0.1) is 3.57 Å². The molecule has 150 valence electrons. The first-order chi connectivity index (χ1) is 12.3. The van der Waals surface area contributed by atoms with Crippen molar-refractivity contribution in [1.82, 2.24) is 0 Å². The van der Waals surface area contributed by atoms with E-state index in [2.05, 4.69) is 0 Å². The molecule has 0 radical (unpaired) electrons. The minimum Gasteiger partial charge on any atom is -0.496 e. The van der Waals surface area contributed by atoms with E-state index in [1.54, 1.807) is 64.1 Å². The third-order valence-corrected chi connectivity index (χ3v) is 3.70. The summed E-state index contributed by atoms with van der Waals surface area (Å²) in [5.74, 6) is -0.0776. The van der Waals surface area contributed by atoms with Crippen LogP contribution in [0.4, 0.5) is 9.59 Å². The van der Waals surface area contributed by atoms with Crippen molar-refractivity contribution in [3.05, 3.63) is 15.2 Å². The maximum Gasteiger partial charge on any atom is 0.514 e. The Morgan fingerprint density at radius 1 is 0.926 bits per heavy atom. The second kappa shape index (κ2) is 8.77. The minimum atomic E-state index is -1.01. The van der Waals surface area contributed by atoms with E-state index in [9.17, 15) is 14.4 Å². The first-order valence-corrected chi connectivity index (χ1v) is 9.02. The smallest absolute Gasteiger partial charge is 0.496 e. The van der Waals surface area contributed by atoms with E-state index in [-0.39, 0.29) is 26.4 Å². The number of methoxy groups -OCH3 is 1. The molecule has 0 aliphatic rings. The summed E-state index contributed by atoms with van der Waals surface area (Å²) < 4.78 is 25.9. The maximum atomic E-state index is 12.0. The third kappa shape index (κ3) is 7.24. The quantitative estimate of drug-likeness (QED) is 0.256. The van der Waals surface area contributed by atoms with Crippen molar-refractivity contribution in [3.8, 4) is 17.2 Å². The zero-order valence-electron chi connectivity index (χ0n) is 16.3. The largest absolute Gasteiger partial charge is 0.514 e. The number of rotatable bonds is 4. The minimum absolute atomic E-state index is 0.00542. The molecule has 0 spiro atoms. The Kier molecular flexibility index (Phi) is 7.47. The second-order valence-electron chi connectivity index (χ2n) is 7.38. The van der Waals surface area contributed by atoms with E-state index in [0.29, 0.717) is 6.29 Å². The van der Waals surface area contributed by atoms with Gasteiger partial charge in [0.2, 0.25) is 0 Å². The summed E-state index contributed by atoms with van der Waals surface area (Å²) in [5.41, 5.74) is -1.58. The lowest BCUT2D eigenvalue weighted by Crippen LogP contribution is -2.27. The Hall–Kier alpha value is -2.04. The van der Waals surface area contributed by atoms with Gasteiger partial charge in [0, 0.05) is 6.07 Å². The molecule has 1 rings (SSSR count). The van der Waals surface area contributed by atoms with Gasteiger partial charge in [-0.3, -0.25) is 4.79 Å². The van der Waals surface area contributed by atoms with Crippen LogP contribution in [0.15, 0.2) is 6.07 Å². The molecule has 0 aromatic heterocycles. The Morgan fingerprint density at radius 2 is 1.41 bits per heavy atom. The standard InChI is InChI=1S/C18H23IO8/c1-17(2,3)26-15(21)24-12-8-11(23-7)10(9-20)14(13(12)19)25-16(22)27-18(4,5)6/h8-9H,1-7H3.